The second kappa shape index (κ2) is 12.0. The van der Waals surface area contributed by atoms with Crippen LogP contribution in [0.4, 0.5) is 18.9 Å². The van der Waals surface area contributed by atoms with Crippen molar-refractivity contribution in [3.8, 4) is 11.5 Å². The van der Waals surface area contributed by atoms with Crippen molar-refractivity contribution in [3.05, 3.63) is 87.4 Å². The van der Waals surface area contributed by atoms with Gasteiger partial charge in [0.2, 0.25) is 0 Å². The van der Waals surface area contributed by atoms with Gasteiger partial charge in [-0.05, 0) is 61.5 Å². The first-order valence-corrected chi connectivity index (χ1v) is 11.3. The lowest BCUT2D eigenvalue weighted by Crippen LogP contribution is -2.33. The van der Waals surface area contributed by atoms with Crippen LogP contribution in [0.3, 0.4) is 0 Å². The zero-order valence-electron chi connectivity index (χ0n) is 19.7. The first-order chi connectivity index (χ1) is 17.9. The van der Waals surface area contributed by atoms with Gasteiger partial charge in [-0.25, -0.2) is 10.2 Å². The molecule has 0 radical (unpaired) electrons. The van der Waals surface area contributed by atoms with E-state index in [9.17, 15) is 27.6 Å². The highest BCUT2D eigenvalue weighted by Gasteiger charge is 2.31. The predicted molar refractivity (Wildman–Crippen MR) is 135 cm³/mol. The molecular formula is C25H18Cl2F3N3O5. The number of amides is 2. The normalized spacial score (nSPS) is 11.5. The Morgan fingerprint density at radius 3 is 2.29 bits per heavy atom. The van der Waals surface area contributed by atoms with Gasteiger partial charge in [-0.2, -0.15) is 18.3 Å². The molecule has 0 fully saturated rings. The van der Waals surface area contributed by atoms with Crippen LogP contribution in [0, 0.1) is 0 Å². The molecule has 198 valence electrons. The first-order valence-electron chi connectivity index (χ1n) is 10.6. The molecule has 3 aromatic carbocycles. The Labute approximate surface area is 224 Å². The minimum Gasteiger partial charge on any atom is -0.493 e. The molecule has 3 aromatic rings. The van der Waals surface area contributed by atoms with E-state index in [4.69, 9.17) is 32.7 Å². The topological polar surface area (TPSA) is 106 Å². The van der Waals surface area contributed by atoms with E-state index in [1.54, 1.807) is 12.1 Å². The van der Waals surface area contributed by atoms with Crippen LogP contribution >= 0.6 is 23.2 Å². The summed E-state index contributed by atoms with van der Waals surface area (Å²) in [7, 11) is 1.35. The molecule has 0 aromatic heterocycles. The van der Waals surface area contributed by atoms with Gasteiger partial charge in [0.05, 0.1) is 34.7 Å². The fourth-order valence-electron chi connectivity index (χ4n) is 2.98. The average Bonchev–Trinajstić information content (AvgIpc) is 2.87. The monoisotopic (exact) mass is 567 g/mol. The Kier molecular flexibility index (Phi) is 8.97. The number of carbonyl (C=O) groups is 3. The molecular weight excluding hydrogens is 550 g/mol. The highest BCUT2D eigenvalue weighted by molar-refractivity contribution is 6.41. The summed E-state index contributed by atoms with van der Waals surface area (Å²) in [6.07, 6.45) is -4.67. The number of hydrogen-bond donors (Lipinski definition) is 2. The molecule has 0 atom stereocenters. The number of alkyl halides is 3. The number of ether oxygens (including phenoxy) is 2. The summed E-state index contributed by atoms with van der Waals surface area (Å²) in [5.41, 5.74) is 1.46. The third-order valence-corrected chi connectivity index (χ3v) is 5.48. The SMILES string of the molecule is COc1cc(C(C)=NNC(=O)C(=O)Nc2cc(C(F)(F)F)ccc2Cl)ccc1OC(=O)c1cccc(Cl)c1. The zero-order valence-corrected chi connectivity index (χ0v) is 21.2. The summed E-state index contributed by atoms with van der Waals surface area (Å²) in [5.74, 6) is -2.92. The van der Waals surface area contributed by atoms with Crippen molar-refractivity contribution in [1.29, 1.82) is 0 Å². The van der Waals surface area contributed by atoms with E-state index in [0.29, 0.717) is 16.7 Å². The summed E-state index contributed by atoms with van der Waals surface area (Å²) in [4.78, 5) is 36.7. The summed E-state index contributed by atoms with van der Waals surface area (Å²) in [6.45, 7) is 1.51. The first kappa shape index (κ1) is 28.5. The molecule has 2 amide bonds. The quantitative estimate of drug-likeness (QED) is 0.130. The van der Waals surface area contributed by atoms with Crippen LogP contribution < -0.4 is 20.2 Å². The molecule has 0 saturated heterocycles. The zero-order chi connectivity index (χ0) is 28.0. The summed E-state index contributed by atoms with van der Waals surface area (Å²) >= 11 is 11.7. The van der Waals surface area contributed by atoms with E-state index in [1.807, 2.05) is 10.7 Å². The van der Waals surface area contributed by atoms with Crippen molar-refractivity contribution in [2.75, 3.05) is 12.4 Å². The van der Waals surface area contributed by atoms with E-state index in [0.717, 1.165) is 12.1 Å². The lowest BCUT2D eigenvalue weighted by atomic mass is 10.1. The Balaban J connectivity index is 1.68. The number of methoxy groups -OCH3 is 1. The van der Waals surface area contributed by atoms with E-state index in [-0.39, 0.29) is 27.8 Å². The Morgan fingerprint density at radius 1 is 0.895 bits per heavy atom. The van der Waals surface area contributed by atoms with Crippen LogP contribution in [0.1, 0.15) is 28.4 Å². The number of hydrogen-bond acceptors (Lipinski definition) is 6. The Hall–Kier alpha value is -4.09. The molecule has 2 N–H and O–H groups in total. The lowest BCUT2D eigenvalue weighted by molar-refractivity contribution is -0.137. The second-order valence-corrected chi connectivity index (χ2v) is 8.39. The number of nitrogens with one attached hydrogen (secondary N) is 2. The summed E-state index contributed by atoms with van der Waals surface area (Å²) in [5, 5.41) is 6.01. The van der Waals surface area contributed by atoms with E-state index in [2.05, 4.69) is 5.10 Å². The van der Waals surface area contributed by atoms with Crippen molar-refractivity contribution < 1.29 is 37.0 Å². The van der Waals surface area contributed by atoms with Gasteiger partial charge in [-0.15, -0.1) is 0 Å². The predicted octanol–water partition coefficient (Wildman–Crippen LogP) is 5.72. The Morgan fingerprint density at radius 2 is 1.63 bits per heavy atom. The van der Waals surface area contributed by atoms with Gasteiger partial charge in [-0.1, -0.05) is 29.3 Å². The molecule has 0 aliphatic heterocycles. The van der Waals surface area contributed by atoms with E-state index in [1.165, 1.54) is 44.4 Å². The molecule has 0 spiro atoms. The highest BCUT2D eigenvalue weighted by Crippen LogP contribution is 2.34. The number of nitrogens with zero attached hydrogens (tertiary/aromatic N) is 1. The molecule has 8 nitrogen and oxygen atoms in total. The van der Waals surface area contributed by atoms with Crippen molar-refractivity contribution >= 4 is 52.4 Å². The van der Waals surface area contributed by atoms with Gasteiger partial charge < -0.3 is 14.8 Å². The number of halogens is 5. The molecule has 3 rings (SSSR count). The van der Waals surface area contributed by atoms with Crippen molar-refractivity contribution in [2.45, 2.75) is 13.1 Å². The highest BCUT2D eigenvalue weighted by atomic mass is 35.5. The van der Waals surface area contributed by atoms with Gasteiger partial charge in [0, 0.05) is 10.6 Å². The van der Waals surface area contributed by atoms with Crippen LogP contribution in [0.5, 0.6) is 11.5 Å². The van der Waals surface area contributed by atoms with E-state index >= 15 is 0 Å². The molecule has 13 heteroatoms. The third-order valence-electron chi connectivity index (χ3n) is 4.92. The minimum atomic E-state index is -4.67. The maximum Gasteiger partial charge on any atom is 0.416 e. The standard InChI is InChI=1S/C25H18Cl2F3N3O5/c1-13(32-33-23(35)22(34)31-19-12-16(25(28,29)30)7-8-18(19)27)14-6-9-20(21(11-14)37-2)38-24(36)15-4-3-5-17(26)10-15/h3-12H,1-2H3,(H,31,34)(H,33,35). The molecule has 0 unspecified atom stereocenters. The molecule has 0 bridgehead atoms. The average molecular weight is 568 g/mol. The lowest BCUT2D eigenvalue weighted by Gasteiger charge is -2.12. The molecule has 0 heterocycles. The van der Waals surface area contributed by atoms with Crippen LogP contribution in [-0.4, -0.2) is 30.6 Å². The number of carbonyl (C=O) groups excluding carboxylic acids is 3. The maximum atomic E-state index is 12.9. The summed E-state index contributed by atoms with van der Waals surface area (Å²) < 4.78 is 49.4. The van der Waals surface area contributed by atoms with Crippen molar-refractivity contribution in [3.63, 3.8) is 0 Å². The molecule has 0 aliphatic rings. The van der Waals surface area contributed by atoms with Gasteiger partial charge in [0.25, 0.3) is 0 Å². The fourth-order valence-corrected chi connectivity index (χ4v) is 3.33. The van der Waals surface area contributed by atoms with Crippen LogP contribution in [-0.2, 0) is 15.8 Å². The van der Waals surface area contributed by atoms with Gasteiger partial charge >= 0.3 is 24.0 Å². The number of hydrazone groups is 1. The fraction of sp³-hybridized carbons (Fsp3) is 0.120. The second-order valence-electron chi connectivity index (χ2n) is 7.55. The van der Waals surface area contributed by atoms with Crippen LogP contribution in [0.2, 0.25) is 10.0 Å². The van der Waals surface area contributed by atoms with Gasteiger partial charge in [-0.3, -0.25) is 9.59 Å². The third kappa shape index (κ3) is 7.24. The molecule has 38 heavy (non-hydrogen) atoms. The summed E-state index contributed by atoms with van der Waals surface area (Å²) in [6, 6.07) is 12.9. The van der Waals surface area contributed by atoms with Crippen molar-refractivity contribution in [1.82, 2.24) is 5.43 Å². The molecule has 0 saturated carbocycles. The Bertz CT molecular complexity index is 1430. The number of rotatable bonds is 6. The smallest absolute Gasteiger partial charge is 0.416 e. The van der Waals surface area contributed by atoms with E-state index < -0.39 is 35.2 Å². The maximum absolute atomic E-state index is 12.9. The number of anilines is 1. The molecule has 0 aliphatic carbocycles. The van der Waals surface area contributed by atoms with Gasteiger partial charge in [0.1, 0.15) is 0 Å². The number of benzene rings is 3. The minimum absolute atomic E-state index is 0.107. The number of esters is 1. The largest absolute Gasteiger partial charge is 0.493 e. The van der Waals surface area contributed by atoms with Gasteiger partial charge in [0.15, 0.2) is 11.5 Å². The van der Waals surface area contributed by atoms with Crippen molar-refractivity contribution in [2.24, 2.45) is 5.10 Å². The van der Waals surface area contributed by atoms with Crippen LogP contribution in [0.25, 0.3) is 0 Å². The van der Waals surface area contributed by atoms with Crippen LogP contribution in [0.15, 0.2) is 65.8 Å².